The lowest BCUT2D eigenvalue weighted by Crippen LogP contribution is -2.27. The highest BCUT2D eigenvalue weighted by atomic mass is 35.5. The SMILES string of the molecule is CN(C)CC(=O)Nc1c(N)cc(Cl)cc1Cl. The number of hydrogen-bond acceptors (Lipinski definition) is 3. The zero-order valence-corrected chi connectivity index (χ0v) is 10.6. The Kier molecular flexibility index (Phi) is 4.41. The number of hydrogen-bond donors (Lipinski definition) is 2. The third-order valence-electron chi connectivity index (χ3n) is 1.81. The van der Waals surface area contributed by atoms with Gasteiger partial charge >= 0.3 is 0 Å². The topological polar surface area (TPSA) is 58.4 Å². The van der Waals surface area contributed by atoms with E-state index >= 15 is 0 Å². The maximum Gasteiger partial charge on any atom is 0.238 e. The molecule has 0 spiro atoms. The first-order chi connectivity index (χ1) is 7.40. The molecule has 0 saturated heterocycles. The van der Waals surface area contributed by atoms with Gasteiger partial charge in [0.15, 0.2) is 0 Å². The van der Waals surface area contributed by atoms with Gasteiger partial charge in [-0.3, -0.25) is 4.79 Å². The van der Waals surface area contributed by atoms with E-state index in [1.54, 1.807) is 25.1 Å². The zero-order chi connectivity index (χ0) is 12.3. The van der Waals surface area contributed by atoms with Crippen LogP contribution in [0.2, 0.25) is 10.0 Å². The fourth-order valence-corrected chi connectivity index (χ4v) is 1.75. The number of halogens is 2. The second-order valence-corrected chi connectivity index (χ2v) is 4.48. The van der Waals surface area contributed by atoms with Crippen LogP contribution in [0.4, 0.5) is 11.4 Å². The van der Waals surface area contributed by atoms with E-state index in [9.17, 15) is 4.79 Å². The molecule has 1 rings (SSSR count). The van der Waals surface area contributed by atoms with E-state index in [0.29, 0.717) is 21.4 Å². The van der Waals surface area contributed by atoms with Crippen molar-refractivity contribution in [2.75, 3.05) is 31.7 Å². The van der Waals surface area contributed by atoms with Gasteiger partial charge < -0.3 is 16.0 Å². The molecule has 0 radical (unpaired) electrons. The number of amides is 1. The molecule has 4 nitrogen and oxygen atoms in total. The maximum absolute atomic E-state index is 11.5. The lowest BCUT2D eigenvalue weighted by molar-refractivity contribution is -0.116. The molecule has 1 aromatic carbocycles. The van der Waals surface area contributed by atoms with E-state index in [0.717, 1.165) is 0 Å². The number of nitrogens with two attached hydrogens (primary N) is 1. The summed E-state index contributed by atoms with van der Waals surface area (Å²) in [6.07, 6.45) is 0. The Morgan fingerprint density at radius 1 is 1.44 bits per heavy atom. The van der Waals surface area contributed by atoms with Crippen LogP contribution in [0.25, 0.3) is 0 Å². The van der Waals surface area contributed by atoms with E-state index in [2.05, 4.69) is 5.32 Å². The molecule has 0 fully saturated rings. The number of carbonyl (C=O) groups excluding carboxylic acids is 1. The summed E-state index contributed by atoms with van der Waals surface area (Å²) >= 11 is 11.7. The van der Waals surface area contributed by atoms with Crippen LogP contribution in [0.3, 0.4) is 0 Å². The third-order valence-corrected chi connectivity index (χ3v) is 2.33. The van der Waals surface area contributed by atoms with E-state index in [1.807, 2.05) is 0 Å². The van der Waals surface area contributed by atoms with Crippen molar-refractivity contribution in [3.8, 4) is 0 Å². The predicted octanol–water partition coefficient (Wildman–Crippen LogP) is 2.08. The van der Waals surface area contributed by atoms with E-state index < -0.39 is 0 Å². The molecule has 0 aliphatic rings. The summed E-state index contributed by atoms with van der Waals surface area (Å²) in [4.78, 5) is 13.3. The molecule has 0 aliphatic heterocycles. The number of anilines is 2. The number of nitrogens with zero attached hydrogens (tertiary/aromatic N) is 1. The number of rotatable bonds is 3. The van der Waals surface area contributed by atoms with Crippen LogP contribution in [0.1, 0.15) is 0 Å². The molecular formula is C10H13Cl2N3O. The number of likely N-dealkylation sites (N-methyl/N-ethyl adjacent to an activating group) is 1. The van der Waals surface area contributed by atoms with Crippen molar-refractivity contribution in [3.63, 3.8) is 0 Å². The van der Waals surface area contributed by atoms with Crippen molar-refractivity contribution >= 4 is 40.5 Å². The van der Waals surface area contributed by atoms with Gasteiger partial charge in [-0.2, -0.15) is 0 Å². The van der Waals surface area contributed by atoms with Gasteiger partial charge in [0, 0.05) is 5.02 Å². The minimum atomic E-state index is -0.180. The van der Waals surface area contributed by atoms with Crippen molar-refractivity contribution in [2.24, 2.45) is 0 Å². The minimum Gasteiger partial charge on any atom is -0.397 e. The van der Waals surface area contributed by atoms with E-state index in [4.69, 9.17) is 28.9 Å². The summed E-state index contributed by atoms with van der Waals surface area (Å²) in [5.74, 6) is -0.180. The van der Waals surface area contributed by atoms with Gasteiger partial charge in [-0.15, -0.1) is 0 Å². The van der Waals surface area contributed by atoms with E-state index in [1.165, 1.54) is 6.07 Å². The zero-order valence-electron chi connectivity index (χ0n) is 9.05. The summed E-state index contributed by atoms with van der Waals surface area (Å²) in [5.41, 5.74) is 6.46. The van der Waals surface area contributed by atoms with E-state index in [-0.39, 0.29) is 12.5 Å². The van der Waals surface area contributed by atoms with Gasteiger partial charge in [-0.1, -0.05) is 23.2 Å². The summed E-state index contributed by atoms with van der Waals surface area (Å²) in [5, 5.41) is 3.41. The highest BCUT2D eigenvalue weighted by molar-refractivity contribution is 6.37. The number of nitrogen functional groups attached to an aromatic ring is 1. The van der Waals surface area contributed by atoms with Crippen LogP contribution in [-0.2, 0) is 4.79 Å². The average Bonchev–Trinajstić information content (AvgIpc) is 2.09. The van der Waals surface area contributed by atoms with Crippen molar-refractivity contribution in [1.82, 2.24) is 4.90 Å². The Bertz CT molecular complexity index is 384. The Hall–Kier alpha value is -0.970. The Balaban J connectivity index is 2.85. The van der Waals surface area contributed by atoms with Crippen LogP contribution in [-0.4, -0.2) is 31.4 Å². The molecular weight excluding hydrogens is 249 g/mol. The molecule has 6 heteroatoms. The van der Waals surface area contributed by atoms with Crippen LogP contribution < -0.4 is 11.1 Å². The Morgan fingerprint density at radius 3 is 2.56 bits per heavy atom. The molecule has 0 saturated carbocycles. The molecule has 0 aliphatic carbocycles. The smallest absolute Gasteiger partial charge is 0.238 e. The monoisotopic (exact) mass is 261 g/mol. The van der Waals surface area contributed by atoms with Gasteiger partial charge in [-0.25, -0.2) is 0 Å². The van der Waals surface area contributed by atoms with Gasteiger partial charge in [0.25, 0.3) is 0 Å². The van der Waals surface area contributed by atoms with Crippen LogP contribution in [0, 0.1) is 0 Å². The molecule has 16 heavy (non-hydrogen) atoms. The summed E-state index contributed by atoms with van der Waals surface area (Å²) in [6.45, 7) is 0.262. The first kappa shape index (κ1) is 13.1. The first-order valence-electron chi connectivity index (χ1n) is 4.59. The number of benzene rings is 1. The Labute approximate surface area is 104 Å². The molecule has 88 valence electrons. The first-order valence-corrected chi connectivity index (χ1v) is 5.35. The average molecular weight is 262 g/mol. The highest BCUT2D eigenvalue weighted by Gasteiger charge is 2.10. The summed E-state index contributed by atoms with van der Waals surface area (Å²) in [7, 11) is 3.60. The standard InChI is InChI=1S/C10H13Cl2N3O/c1-15(2)5-9(16)14-10-7(12)3-6(11)4-8(10)13/h3-4H,5,13H2,1-2H3,(H,14,16). The lowest BCUT2D eigenvalue weighted by atomic mass is 10.2. The predicted molar refractivity (Wildman–Crippen MR) is 68.1 cm³/mol. The fraction of sp³-hybridized carbons (Fsp3) is 0.300. The fourth-order valence-electron chi connectivity index (χ4n) is 1.19. The van der Waals surface area contributed by atoms with Crippen molar-refractivity contribution in [1.29, 1.82) is 0 Å². The van der Waals surface area contributed by atoms with Crippen LogP contribution >= 0.6 is 23.2 Å². The third kappa shape index (κ3) is 3.56. The molecule has 0 aromatic heterocycles. The molecule has 3 N–H and O–H groups in total. The van der Waals surface area contributed by atoms with Gasteiger partial charge in [0.05, 0.1) is 22.9 Å². The highest BCUT2D eigenvalue weighted by Crippen LogP contribution is 2.31. The van der Waals surface area contributed by atoms with Crippen LogP contribution in [0.15, 0.2) is 12.1 Å². The van der Waals surface area contributed by atoms with Crippen molar-refractivity contribution in [3.05, 3.63) is 22.2 Å². The number of carbonyl (C=O) groups is 1. The van der Waals surface area contributed by atoms with Crippen molar-refractivity contribution in [2.45, 2.75) is 0 Å². The van der Waals surface area contributed by atoms with Gasteiger partial charge in [0.1, 0.15) is 0 Å². The molecule has 1 amide bonds. The van der Waals surface area contributed by atoms with Crippen LogP contribution in [0.5, 0.6) is 0 Å². The molecule has 0 atom stereocenters. The maximum atomic E-state index is 11.5. The normalized spacial score (nSPS) is 10.6. The molecule has 0 unspecified atom stereocenters. The minimum absolute atomic E-state index is 0.180. The van der Waals surface area contributed by atoms with Gasteiger partial charge in [0.2, 0.25) is 5.91 Å². The quantitative estimate of drug-likeness (QED) is 0.820. The second-order valence-electron chi connectivity index (χ2n) is 3.64. The molecule has 0 bridgehead atoms. The summed E-state index contributed by atoms with van der Waals surface area (Å²) in [6, 6.07) is 3.07. The number of nitrogens with one attached hydrogen (secondary N) is 1. The van der Waals surface area contributed by atoms with Gasteiger partial charge in [-0.05, 0) is 26.2 Å². The molecule has 0 heterocycles. The molecule has 1 aromatic rings. The lowest BCUT2D eigenvalue weighted by Gasteiger charge is -2.13. The summed E-state index contributed by atoms with van der Waals surface area (Å²) < 4.78 is 0. The largest absolute Gasteiger partial charge is 0.397 e. The second kappa shape index (κ2) is 5.39. The van der Waals surface area contributed by atoms with Crippen molar-refractivity contribution < 1.29 is 4.79 Å². The Morgan fingerprint density at radius 2 is 2.06 bits per heavy atom.